The number of phenolic OH excluding ortho intramolecular Hbond substituents is 1. The van der Waals surface area contributed by atoms with Crippen LogP contribution in [-0.2, 0) is 4.79 Å². The third-order valence-corrected chi connectivity index (χ3v) is 5.26. The Morgan fingerprint density at radius 3 is 1.78 bits per heavy atom. The molecule has 0 fully saturated rings. The number of allylic oxidation sites excluding steroid dienone is 12. The molecule has 0 aliphatic rings. The molecule has 0 saturated heterocycles. The van der Waals surface area contributed by atoms with E-state index in [4.69, 9.17) is 0 Å². The van der Waals surface area contributed by atoms with Gasteiger partial charge in [0.1, 0.15) is 5.75 Å². The predicted octanol–water partition coefficient (Wildman–Crippen LogP) is 7.10. The van der Waals surface area contributed by atoms with E-state index >= 15 is 0 Å². The largest absolute Gasteiger partial charge is 0.507 e. The molecule has 2 amide bonds. The van der Waals surface area contributed by atoms with E-state index in [9.17, 15) is 14.7 Å². The third kappa shape index (κ3) is 17.5. The molecule has 1 rings (SSSR count). The van der Waals surface area contributed by atoms with Crippen LogP contribution in [-0.4, -0.2) is 29.5 Å². The van der Waals surface area contributed by atoms with E-state index in [1.807, 2.05) is 13.0 Å². The van der Waals surface area contributed by atoms with Gasteiger partial charge < -0.3 is 15.7 Å². The van der Waals surface area contributed by atoms with Gasteiger partial charge in [0.15, 0.2) is 0 Å². The van der Waals surface area contributed by atoms with Gasteiger partial charge in [-0.25, -0.2) is 0 Å². The average molecular weight is 505 g/mol. The fraction of sp³-hybridized carbons (Fsp3) is 0.375. The lowest BCUT2D eigenvalue weighted by molar-refractivity contribution is -0.121. The number of para-hydroxylation sites is 1. The number of benzene rings is 1. The molecule has 1 atom stereocenters. The number of phenols is 1. The summed E-state index contributed by atoms with van der Waals surface area (Å²) in [6.45, 7) is 4.27. The van der Waals surface area contributed by atoms with Crippen LogP contribution in [0.1, 0.15) is 75.6 Å². The van der Waals surface area contributed by atoms with Gasteiger partial charge in [0.05, 0.1) is 5.56 Å². The molecule has 1 aromatic carbocycles. The molecule has 37 heavy (non-hydrogen) atoms. The van der Waals surface area contributed by atoms with Crippen molar-refractivity contribution in [3.8, 4) is 5.75 Å². The van der Waals surface area contributed by atoms with Crippen molar-refractivity contribution in [1.82, 2.24) is 10.6 Å². The Balaban J connectivity index is 2.05. The van der Waals surface area contributed by atoms with Crippen molar-refractivity contribution in [2.24, 2.45) is 0 Å². The van der Waals surface area contributed by atoms with E-state index in [0.29, 0.717) is 19.4 Å². The first-order valence-electron chi connectivity index (χ1n) is 13.3. The van der Waals surface area contributed by atoms with Crippen LogP contribution >= 0.6 is 0 Å². The maximum Gasteiger partial charge on any atom is 0.255 e. The number of hydrogen-bond donors (Lipinski definition) is 3. The first kappa shape index (κ1) is 31.4. The van der Waals surface area contributed by atoms with E-state index in [-0.39, 0.29) is 29.2 Å². The second kappa shape index (κ2) is 21.7. The molecule has 5 heteroatoms. The van der Waals surface area contributed by atoms with Gasteiger partial charge in [-0.1, -0.05) is 92.0 Å². The zero-order valence-electron chi connectivity index (χ0n) is 22.4. The monoisotopic (exact) mass is 504 g/mol. The molecular weight excluding hydrogens is 460 g/mol. The number of rotatable bonds is 18. The second-order valence-corrected chi connectivity index (χ2v) is 8.65. The molecule has 0 saturated carbocycles. The lowest BCUT2D eigenvalue weighted by Crippen LogP contribution is -2.41. The Kier molecular flexibility index (Phi) is 18.4. The van der Waals surface area contributed by atoms with E-state index in [1.165, 1.54) is 6.07 Å². The summed E-state index contributed by atoms with van der Waals surface area (Å²) in [5, 5.41) is 15.3. The van der Waals surface area contributed by atoms with Crippen molar-refractivity contribution >= 4 is 11.8 Å². The van der Waals surface area contributed by atoms with Crippen molar-refractivity contribution in [1.29, 1.82) is 0 Å². The van der Waals surface area contributed by atoms with Gasteiger partial charge in [0.25, 0.3) is 5.91 Å². The Labute approximate surface area is 223 Å². The van der Waals surface area contributed by atoms with Crippen LogP contribution in [0.5, 0.6) is 5.75 Å². The van der Waals surface area contributed by atoms with E-state index in [1.54, 1.807) is 18.2 Å². The molecule has 0 heterocycles. The first-order chi connectivity index (χ1) is 18.0. The Hall–Kier alpha value is -3.60. The summed E-state index contributed by atoms with van der Waals surface area (Å²) in [7, 11) is 0. The normalized spacial score (nSPS) is 13.1. The summed E-state index contributed by atoms with van der Waals surface area (Å²) in [4.78, 5) is 24.2. The highest BCUT2D eigenvalue weighted by Gasteiger charge is 2.12. The van der Waals surface area contributed by atoms with Gasteiger partial charge >= 0.3 is 0 Å². The van der Waals surface area contributed by atoms with Crippen LogP contribution < -0.4 is 10.6 Å². The SMILES string of the molecule is CC/C=C\C/C=C\C/C=C\C/C=C\C/C=C\C/C=C\CCC(=O)NC(C)CNC(=O)c1ccccc1O. The van der Waals surface area contributed by atoms with Crippen molar-refractivity contribution in [2.45, 2.75) is 71.3 Å². The van der Waals surface area contributed by atoms with Crippen molar-refractivity contribution in [3.05, 3.63) is 103 Å². The molecule has 0 spiro atoms. The highest BCUT2D eigenvalue weighted by atomic mass is 16.3. The van der Waals surface area contributed by atoms with Gasteiger partial charge in [0, 0.05) is 19.0 Å². The molecular formula is C32H44N2O3. The average Bonchev–Trinajstić information content (AvgIpc) is 2.89. The number of carbonyl (C=O) groups is 2. The lowest BCUT2D eigenvalue weighted by atomic mass is 10.2. The van der Waals surface area contributed by atoms with E-state index in [2.05, 4.69) is 84.4 Å². The molecule has 0 aliphatic carbocycles. The van der Waals surface area contributed by atoms with Crippen LogP contribution in [0.3, 0.4) is 0 Å². The minimum atomic E-state index is -0.364. The molecule has 0 aliphatic heterocycles. The number of amides is 2. The van der Waals surface area contributed by atoms with Gasteiger partial charge in [0.2, 0.25) is 5.91 Å². The fourth-order valence-corrected chi connectivity index (χ4v) is 3.26. The van der Waals surface area contributed by atoms with Gasteiger partial charge in [-0.3, -0.25) is 9.59 Å². The molecule has 1 aromatic rings. The summed E-state index contributed by atoms with van der Waals surface area (Å²) in [6.07, 6.45) is 32.8. The van der Waals surface area contributed by atoms with Crippen LogP contribution in [0, 0.1) is 0 Å². The van der Waals surface area contributed by atoms with Crippen LogP contribution in [0.25, 0.3) is 0 Å². The predicted molar refractivity (Wildman–Crippen MR) is 155 cm³/mol. The van der Waals surface area contributed by atoms with Gasteiger partial charge in [-0.2, -0.15) is 0 Å². The molecule has 5 nitrogen and oxygen atoms in total. The molecule has 0 aromatic heterocycles. The Bertz CT molecular complexity index is 955. The second-order valence-electron chi connectivity index (χ2n) is 8.65. The summed E-state index contributed by atoms with van der Waals surface area (Å²) < 4.78 is 0. The smallest absolute Gasteiger partial charge is 0.255 e. The maximum absolute atomic E-state index is 12.1. The van der Waals surface area contributed by atoms with Crippen LogP contribution in [0.15, 0.2) is 97.2 Å². The van der Waals surface area contributed by atoms with Gasteiger partial charge in [-0.15, -0.1) is 0 Å². The summed E-state index contributed by atoms with van der Waals surface area (Å²) in [5.41, 5.74) is 0.221. The van der Waals surface area contributed by atoms with Gasteiger partial charge in [-0.05, 0) is 64.0 Å². The molecule has 3 N–H and O–H groups in total. The van der Waals surface area contributed by atoms with Crippen LogP contribution in [0.4, 0.5) is 0 Å². The minimum absolute atomic E-state index is 0.0520. The molecule has 0 bridgehead atoms. The zero-order chi connectivity index (χ0) is 27.0. The quantitative estimate of drug-likeness (QED) is 0.187. The van der Waals surface area contributed by atoms with Crippen molar-refractivity contribution < 1.29 is 14.7 Å². The highest BCUT2D eigenvalue weighted by Crippen LogP contribution is 2.14. The van der Waals surface area contributed by atoms with Crippen molar-refractivity contribution in [3.63, 3.8) is 0 Å². The van der Waals surface area contributed by atoms with Crippen molar-refractivity contribution in [2.75, 3.05) is 6.54 Å². The molecule has 0 radical (unpaired) electrons. The number of hydrogen-bond acceptors (Lipinski definition) is 3. The first-order valence-corrected chi connectivity index (χ1v) is 13.3. The Morgan fingerprint density at radius 2 is 1.27 bits per heavy atom. The van der Waals surface area contributed by atoms with E-state index in [0.717, 1.165) is 38.5 Å². The summed E-state index contributed by atoms with van der Waals surface area (Å²) >= 11 is 0. The lowest BCUT2D eigenvalue weighted by Gasteiger charge is -2.15. The Morgan fingerprint density at radius 1 is 0.784 bits per heavy atom. The highest BCUT2D eigenvalue weighted by molar-refractivity contribution is 5.96. The number of aromatic hydroxyl groups is 1. The summed E-state index contributed by atoms with van der Waals surface area (Å²) in [6, 6.07) is 6.17. The third-order valence-electron chi connectivity index (χ3n) is 5.26. The summed E-state index contributed by atoms with van der Waals surface area (Å²) in [5.74, 6) is -0.478. The topological polar surface area (TPSA) is 78.4 Å². The zero-order valence-corrected chi connectivity index (χ0v) is 22.4. The van der Waals surface area contributed by atoms with Crippen LogP contribution in [0.2, 0.25) is 0 Å². The number of carbonyl (C=O) groups excluding carboxylic acids is 2. The van der Waals surface area contributed by atoms with E-state index < -0.39 is 0 Å². The number of nitrogens with one attached hydrogen (secondary N) is 2. The molecule has 200 valence electrons. The minimum Gasteiger partial charge on any atom is -0.507 e. The standard InChI is InChI=1S/C32H44N2O3/c1-3-4-5-6-7-8-9-10-11-12-13-14-15-16-17-18-19-20-21-26-31(36)34-28(2)27-33-32(37)29-24-22-23-25-30(29)35/h4-5,7-8,10-11,13-14,16-17,19-20,22-25,28,35H,3,6,9,12,15,18,21,26-27H2,1-2H3,(H,33,37)(H,34,36)/b5-4-,8-7-,11-10-,14-13-,17-16-,20-19-. The maximum atomic E-state index is 12.1. The fourth-order valence-electron chi connectivity index (χ4n) is 3.26. The molecule has 1 unspecified atom stereocenters.